The Morgan fingerprint density at radius 2 is 1.95 bits per heavy atom. The van der Waals surface area contributed by atoms with Crippen molar-refractivity contribution < 1.29 is 18.0 Å². The first kappa shape index (κ1) is 15.1. The number of nitrogens with one attached hydrogen (secondary N) is 1. The lowest BCUT2D eigenvalue weighted by atomic mass is 10.1. The highest BCUT2D eigenvalue weighted by Gasteiger charge is 2.35. The van der Waals surface area contributed by atoms with Crippen LogP contribution in [0.1, 0.15) is 27.3 Å². The van der Waals surface area contributed by atoms with Crippen molar-refractivity contribution in [3.8, 4) is 0 Å². The molecule has 0 aliphatic heterocycles. The number of carbonyl (C=O) groups is 1. The topological polar surface area (TPSA) is 46.9 Å². The van der Waals surface area contributed by atoms with Gasteiger partial charge in [-0.2, -0.15) is 18.3 Å². The molecule has 112 valence electrons. The second kappa shape index (κ2) is 5.23. The molecule has 0 aliphatic carbocycles. The molecule has 1 heterocycles. The monoisotopic (exact) mass is 297 g/mol. The van der Waals surface area contributed by atoms with Gasteiger partial charge in [-0.15, -0.1) is 0 Å². The second-order valence-electron chi connectivity index (χ2n) is 4.74. The summed E-state index contributed by atoms with van der Waals surface area (Å²) < 4.78 is 38.7. The van der Waals surface area contributed by atoms with E-state index in [1.807, 2.05) is 19.9 Å². The number of aromatic nitrogens is 2. The van der Waals surface area contributed by atoms with Crippen LogP contribution in [0.25, 0.3) is 0 Å². The zero-order chi connectivity index (χ0) is 15.8. The number of nitrogens with zero attached hydrogens (tertiary/aromatic N) is 2. The van der Waals surface area contributed by atoms with Gasteiger partial charge in [0.25, 0.3) is 5.91 Å². The Morgan fingerprint density at radius 1 is 1.29 bits per heavy atom. The molecule has 0 saturated heterocycles. The molecule has 1 N–H and O–H groups in total. The Labute approximate surface area is 119 Å². The number of hydrogen-bond acceptors (Lipinski definition) is 2. The maximum absolute atomic E-state index is 12.7. The highest BCUT2D eigenvalue weighted by molar-refractivity contribution is 6.03. The van der Waals surface area contributed by atoms with Gasteiger partial charge in [0.2, 0.25) is 0 Å². The standard InChI is InChI=1S/C14H14F3N3O/c1-8-5-4-6-10(9(8)2)18-13(21)11-7-12(14(15,16)17)20(3)19-11/h4-7H,1-3H3,(H,18,21). The first-order valence-electron chi connectivity index (χ1n) is 6.19. The van der Waals surface area contributed by atoms with Crippen molar-refractivity contribution in [2.75, 3.05) is 5.32 Å². The number of rotatable bonds is 2. The van der Waals surface area contributed by atoms with E-state index in [1.165, 1.54) is 0 Å². The van der Waals surface area contributed by atoms with Gasteiger partial charge >= 0.3 is 6.18 Å². The summed E-state index contributed by atoms with van der Waals surface area (Å²) in [5.41, 5.74) is 1.15. The lowest BCUT2D eigenvalue weighted by molar-refractivity contribution is -0.143. The summed E-state index contributed by atoms with van der Waals surface area (Å²) in [5, 5.41) is 6.19. The van der Waals surface area contributed by atoms with Crippen LogP contribution in [0.4, 0.5) is 18.9 Å². The Balaban J connectivity index is 2.27. The number of anilines is 1. The van der Waals surface area contributed by atoms with Crippen LogP contribution in [0.5, 0.6) is 0 Å². The van der Waals surface area contributed by atoms with Crippen molar-refractivity contribution in [3.63, 3.8) is 0 Å². The average molecular weight is 297 g/mol. The molecule has 1 amide bonds. The average Bonchev–Trinajstić information content (AvgIpc) is 2.77. The molecule has 0 aliphatic rings. The molecule has 4 nitrogen and oxygen atoms in total. The largest absolute Gasteiger partial charge is 0.433 e. The summed E-state index contributed by atoms with van der Waals surface area (Å²) in [4.78, 5) is 12.0. The third-order valence-corrected chi connectivity index (χ3v) is 3.26. The lowest BCUT2D eigenvalue weighted by Crippen LogP contribution is -2.14. The summed E-state index contributed by atoms with van der Waals surface area (Å²) in [6, 6.07) is 6.07. The Hall–Kier alpha value is -2.31. The molecule has 0 unspecified atom stereocenters. The van der Waals surface area contributed by atoms with Crippen molar-refractivity contribution in [2.24, 2.45) is 7.05 Å². The fourth-order valence-corrected chi connectivity index (χ4v) is 1.92. The molecule has 0 saturated carbocycles. The predicted molar refractivity (Wildman–Crippen MR) is 72.1 cm³/mol. The van der Waals surface area contributed by atoms with E-state index in [2.05, 4.69) is 10.4 Å². The first-order chi connectivity index (χ1) is 9.70. The van der Waals surface area contributed by atoms with E-state index < -0.39 is 17.8 Å². The van der Waals surface area contributed by atoms with Gasteiger partial charge in [-0.05, 0) is 31.0 Å². The van der Waals surface area contributed by atoms with Crippen LogP contribution in [0.3, 0.4) is 0 Å². The minimum Gasteiger partial charge on any atom is -0.320 e. The van der Waals surface area contributed by atoms with E-state index in [4.69, 9.17) is 0 Å². The lowest BCUT2D eigenvalue weighted by Gasteiger charge is -2.08. The number of hydrogen-bond donors (Lipinski definition) is 1. The van der Waals surface area contributed by atoms with Crippen LogP contribution in [0.15, 0.2) is 24.3 Å². The smallest absolute Gasteiger partial charge is 0.320 e. The fraction of sp³-hybridized carbons (Fsp3) is 0.286. The zero-order valence-corrected chi connectivity index (χ0v) is 11.7. The fourth-order valence-electron chi connectivity index (χ4n) is 1.92. The second-order valence-corrected chi connectivity index (χ2v) is 4.74. The molecule has 0 spiro atoms. The third kappa shape index (κ3) is 3.07. The van der Waals surface area contributed by atoms with Crippen LogP contribution >= 0.6 is 0 Å². The minimum atomic E-state index is -4.54. The summed E-state index contributed by atoms with van der Waals surface area (Å²) in [6.45, 7) is 3.71. The van der Waals surface area contributed by atoms with E-state index in [-0.39, 0.29) is 5.69 Å². The molecule has 0 bridgehead atoms. The van der Waals surface area contributed by atoms with Gasteiger partial charge in [-0.3, -0.25) is 9.48 Å². The summed E-state index contributed by atoms with van der Waals surface area (Å²) in [5.74, 6) is -0.671. The van der Waals surface area contributed by atoms with Gasteiger partial charge in [0.05, 0.1) is 0 Å². The molecule has 21 heavy (non-hydrogen) atoms. The molecule has 1 aromatic carbocycles. The highest BCUT2D eigenvalue weighted by atomic mass is 19.4. The Morgan fingerprint density at radius 3 is 2.52 bits per heavy atom. The van der Waals surface area contributed by atoms with Crippen molar-refractivity contribution in [1.82, 2.24) is 9.78 Å². The number of amides is 1. The van der Waals surface area contributed by atoms with Gasteiger partial charge in [-0.1, -0.05) is 12.1 Å². The Bertz CT molecular complexity index is 689. The molecule has 0 atom stereocenters. The number of aryl methyl sites for hydroxylation is 2. The number of carbonyl (C=O) groups excluding carboxylic acids is 1. The zero-order valence-electron chi connectivity index (χ0n) is 11.7. The van der Waals surface area contributed by atoms with Crippen LogP contribution in [0.2, 0.25) is 0 Å². The molecular weight excluding hydrogens is 283 g/mol. The first-order valence-corrected chi connectivity index (χ1v) is 6.19. The van der Waals surface area contributed by atoms with Gasteiger partial charge < -0.3 is 5.32 Å². The molecule has 2 aromatic rings. The van der Waals surface area contributed by atoms with Gasteiger partial charge in [0.1, 0.15) is 5.69 Å². The number of benzene rings is 1. The third-order valence-electron chi connectivity index (χ3n) is 3.26. The number of halogens is 3. The van der Waals surface area contributed by atoms with Gasteiger partial charge in [0, 0.05) is 18.8 Å². The SMILES string of the molecule is Cc1cccc(NC(=O)c2cc(C(F)(F)F)n(C)n2)c1C. The summed E-state index contributed by atoms with van der Waals surface area (Å²) in [6.07, 6.45) is -4.54. The predicted octanol–water partition coefficient (Wildman–Crippen LogP) is 3.31. The van der Waals surface area contributed by atoms with Crippen LogP contribution in [-0.2, 0) is 13.2 Å². The van der Waals surface area contributed by atoms with E-state index in [0.29, 0.717) is 10.4 Å². The van der Waals surface area contributed by atoms with Crippen molar-refractivity contribution in [3.05, 3.63) is 46.8 Å². The van der Waals surface area contributed by atoms with Crippen LogP contribution in [0, 0.1) is 13.8 Å². The van der Waals surface area contributed by atoms with Crippen molar-refractivity contribution in [1.29, 1.82) is 0 Å². The molecule has 1 aromatic heterocycles. The summed E-state index contributed by atoms with van der Waals surface area (Å²) in [7, 11) is 1.15. The van der Waals surface area contributed by atoms with Gasteiger partial charge in [-0.25, -0.2) is 0 Å². The molecule has 2 rings (SSSR count). The molecule has 0 fully saturated rings. The molecule has 7 heteroatoms. The maximum Gasteiger partial charge on any atom is 0.433 e. The molecule has 0 radical (unpaired) electrons. The van der Waals surface area contributed by atoms with Gasteiger partial charge in [0.15, 0.2) is 5.69 Å². The maximum atomic E-state index is 12.7. The van der Waals surface area contributed by atoms with E-state index >= 15 is 0 Å². The minimum absolute atomic E-state index is 0.272. The molecular formula is C14H14F3N3O. The van der Waals surface area contributed by atoms with Crippen LogP contribution in [-0.4, -0.2) is 15.7 Å². The summed E-state index contributed by atoms with van der Waals surface area (Å²) >= 11 is 0. The Kier molecular flexibility index (Phi) is 3.76. The quantitative estimate of drug-likeness (QED) is 0.924. The van der Waals surface area contributed by atoms with E-state index in [9.17, 15) is 18.0 Å². The van der Waals surface area contributed by atoms with E-state index in [0.717, 1.165) is 24.2 Å². The van der Waals surface area contributed by atoms with Crippen molar-refractivity contribution >= 4 is 11.6 Å². The van der Waals surface area contributed by atoms with Crippen molar-refractivity contribution in [2.45, 2.75) is 20.0 Å². The normalized spacial score (nSPS) is 11.5. The number of alkyl halides is 3. The highest BCUT2D eigenvalue weighted by Crippen LogP contribution is 2.29. The van der Waals surface area contributed by atoms with E-state index in [1.54, 1.807) is 12.1 Å². The van der Waals surface area contributed by atoms with Crippen LogP contribution < -0.4 is 5.32 Å².